The molecule has 27 heavy (non-hydrogen) atoms. The molecule has 3 saturated carbocycles. The molecule has 0 radical (unpaired) electrons. The maximum Gasteiger partial charge on any atom is 0.200 e. The van der Waals surface area contributed by atoms with Gasteiger partial charge in [0, 0.05) is 5.03 Å². The quantitative estimate of drug-likeness (QED) is 0.422. The molecule has 1 spiro atoms. The zero-order valence-corrected chi connectivity index (χ0v) is 20.4. The fraction of sp³-hybridized carbons (Fsp3) is 0.917. The number of allylic oxidation sites excluding steroid dienone is 2. The molecular formula is C24H41ClOSi. The predicted octanol–water partition coefficient (Wildman–Crippen LogP) is 7.76. The van der Waals surface area contributed by atoms with E-state index in [1.54, 1.807) is 0 Å². The van der Waals surface area contributed by atoms with Gasteiger partial charge in [-0.3, -0.25) is 0 Å². The molecule has 0 aliphatic heterocycles. The first-order chi connectivity index (χ1) is 12.7. The predicted molar refractivity (Wildman–Crippen MR) is 118 cm³/mol. The summed E-state index contributed by atoms with van der Waals surface area (Å²) in [6, 6.07) is 0. The highest BCUT2D eigenvalue weighted by Gasteiger charge is 2.68. The molecule has 0 heterocycles. The smallest absolute Gasteiger partial charge is 0.200 e. The third-order valence-corrected chi connectivity index (χ3v) is 15.9. The molecule has 154 valence electrons. The molecule has 5 unspecified atom stereocenters. The van der Waals surface area contributed by atoms with Crippen molar-refractivity contribution in [3.05, 3.63) is 11.1 Å². The Bertz CT molecular complexity index is 584. The lowest BCUT2D eigenvalue weighted by Crippen LogP contribution is -2.61. The fourth-order valence-electron chi connectivity index (χ4n) is 8.36. The van der Waals surface area contributed by atoms with E-state index in [2.05, 4.69) is 54.5 Å². The summed E-state index contributed by atoms with van der Waals surface area (Å²) in [5.74, 6) is 3.44. The Hall–Kier alpha value is 0.207. The van der Waals surface area contributed by atoms with Gasteiger partial charge in [0.1, 0.15) is 0 Å². The number of halogens is 1. The summed E-state index contributed by atoms with van der Waals surface area (Å²) >= 11 is 6.80. The van der Waals surface area contributed by atoms with E-state index in [9.17, 15) is 0 Å². The van der Waals surface area contributed by atoms with Gasteiger partial charge in [-0.05, 0) is 77.3 Å². The van der Waals surface area contributed by atoms with E-state index in [0.29, 0.717) is 45.9 Å². The second-order valence-electron chi connectivity index (χ2n) is 11.3. The lowest BCUT2D eigenvalue weighted by molar-refractivity contribution is -0.115. The van der Waals surface area contributed by atoms with Gasteiger partial charge in [0.2, 0.25) is 8.32 Å². The average Bonchev–Trinajstić information content (AvgIpc) is 3.36. The average molecular weight is 409 g/mol. The van der Waals surface area contributed by atoms with E-state index >= 15 is 0 Å². The lowest BCUT2D eigenvalue weighted by Gasteiger charge is -2.61. The molecule has 0 aromatic heterocycles. The van der Waals surface area contributed by atoms with Crippen molar-refractivity contribution in [2.75, 3.05) is 0 Å². The highest BCUT2D eigenvalue weighted by atomic mass is 35.5. The van der Waals surface area contributed by atoms with Crippen LogP contribution in [0.3, 0.4) is 0 Å². The zero-order chi connectivity index (χ0) is 19.7. The summed E-state index contributed by atoms with van der Waals surface area (Å²) < 4.78 is 7.54. The maximum absolute atomic E-state index is 7.54. The third-order valence-electron chi connectivity index (χ3n) is 9.36. The van der Waals surface area contributed by atoms with Crippen LogP contribution in [0, 0.1) is 35.0 Å². The first kappa shape index (κ1) is 20.5. The summed E-state index contributed by atoms with van der Waals surface area (Å²) in [4.78, 5) is 0. The van der Waals surface area contributed by atoms with Gasteiger partial charge in [0.25, 0.3) is 0 Å². The van der Waals surface area contributed by atoms with Crippen molar-refractivity contribution in [1.82, 2.24) is 0 Å². The highest BCUT2D eigenvalue weighted by Crippen LogP contribution is 2.73. The second-order valence-corrected chi connectivity index (χ2v) is 17.1. The summed E-state index contributed by atoms with van der Waals surface area (Å²) in [6.45, 7) is 17.0. The normalized spacial score (nSPS) is 40.0. The van der Waals surface area contributed by atoms with Crippen molar-refractivity contribution >= 4 is 19.9 Å². The molecule has 4 aliphatic rings. The minimum atomic E-state index is -1.85. The van der Waals surface area contributed by atoms with Crippen LogP contribution >= 0.6 is 11.6 Å². The Balaban J connectivity index is 1.74. The minimum absolute atomic E-state index is 0.488. The van der Waals surface area contributed by atoms with Crippen molar-refractivity contribution in [1.29, 1.82) is 0 Å². The molecule has 1 nitrogen and oxygen atoms in total. The van der Waals surface area contributed by atoms with Crippen LogP contribution in [-0.2, 0) is 4.43 Å². The van der Waals surface area contributed by atoms with E-state index in [0.717, 1.165) is 16.9 Å². The van der Waals surface area contributed by atoms with Crippen LogP contribution in [0.15, 0.2) is 11.1 Å². The minimum Gasteiger partial charge on any atom is -0.413 e. The lowest BCUT2D eigenvalue weighted by atomic mass is 9.49. The van der Waals surface area contributed by atoms with Gasteiger partial charge >= 0.3 is 0 Å². The fourth-order valence-corrected chi connectivity index (χ4v) is 14.3. The van der Waals surface area contributed by atoms with Gasteiger partial charge in [-0.15, -0.1) is 0 Å². The highest BCUT2D eigenvalue weighted by molar-refractivity contribution is 6.77. The Morgan fingerprint density at radius 1 is 1.00 bits per heavy atom. The Morgan fingerprint density at radius 3 is 2.07 bits per heavy atom. The van der Waals surface area contributed by atoms with Crippen LogP contribution in [0.5, 0.6) is 0 Å². The molecule has 0 saturated heterocycles. The largest absolute Gasteiger partial charge is 0.413 e. The molecule has 0 aromatic carbocycles. The van der Waals surface area contributed by atoms with E-state index in [-0.39, 0.29) is 0 Å². The van der Waals surface area contributed by atoms with E-state index < -0.39 is 8.32 Å². The Kier molecular flexibility index (Phi) is 5.22. The molecular weight excluding hydrogens is 368 g/mol. The van der Waals surface area contributed by atoms with Crippen molar-refractivity contribution in [2.45, 2.75) is 103 Å². The van der Waals surface area contributed by atoms with Gasteiger partial charge in [0.15, 0.2) is 0 Å². The van der Waals surface area contributed by atoms with Crippen LogP contribution < -0.4 is 0 Å². The molecule has 4 aliphatic carbocycles. The number of hydrogen-bond acceptors (Lipinski definition) is 1. The van der Waals surface area contributed by atoms with Gasteiger partial charge < -0.3 is 4.43 Å². The SMILES string of the molecule is CC(C)[Si](OC1C2CCCC1C1[C@H](C)C(Cl)=CC2C12CC2)(C(C)C)C(C)C. The van der Waals surface area contributed by atoms with E-state index in [1.165, 1.54) is 32.1 Å². The molecule has 4 bridgehead atoms. The molecule has 6 atom stereocenters. The Morgan fingerprint density at radius 2 is 1.56 bits per heavy atom. The van der Waals surface area contributed by atoms with Gasteiger partial charge in [-0.25, -0.2) is 0 Å². The van der Waals surface area contributed by atoms with E-state index in [4.69, 9.17) is 16.0 Å². The zero-order valence-electron chi connectivity index (χ0n) is 18.6. The molecule has 0 aromatic rings. The molecule has 4 rings (SSSR count). The molecule has 0 amide bonds. The molecule has 3 heteroatoms. The van der Waals surface area contributed by atoms with Crippen LogP contribution in [0.2, 0.25) is 16.6 Å². The van der Waals surface area contributed by atoms with Gasteiger partial charge in [0.05, 0.1) is 6.10 Å². The number of rotatable bonds is 5. The summed E-state index contributed by atoms with van der Waals surface area (Å²) in [5.41, 5.74) is 2.61. The molecule has 3 fully saturated rings. The van der Waals surface area contributed by atoms with E-state index in [1.807, 2.05) is 0 Å². The van der Waals surface area contributed by atoms with Gasteiger partial charge in [-0.1, -0.05) is 72.6 Å². The third kappa shape index (κ3) is 2.79. The van der Waals surface area contributed by atoms with Crippen molar-refractivity contribution < 1.29 is 4.43 Å². The molecule has 0 N–H and O–H groups in total. The van der Waals surface area contributed by atoms with Crippen LogP contribution in [0.25, 0.3) is 0 Å². The van der Waals surface area contributed by atoms with Crippen LogP contribution in [0.4, 0.5) is 0 Å². The maximum atomic E-state index is 7.54. The van der Waals surface area contributed by atoms with Crippen LogP contribution in [-0.4, -0.2) is 14.4 Å². The summed E-state index contributed by atoms with van der Waals surface area (Å²) in [5, 5.41) is 1.16. The van der Waals surface area contributed by atoms with Gasteiger partial charge in [-0.2, -0.15) is 0 Å². The summed E-state index contributed by atoms with van der Waals surface area (Å²) in [7, 11) is -1.85. The van der Waals surface area contributed by atoms with Crippen LogP contribution in [0.1, 0.15) is 80.6 Å². The number of fused-ring (bicyclic) bond motifs is 4. The van der Waals surface area contributed by atoms with Crippen molar-refractivity contribution in [2.24, 2.45) is 35.0 Å². The topological polar surface area (TPSA) is 9.23 Å². The summed E-state index contributed by atoms with van der Waals surface area (Å²) in [6.07, 6.45) is 9.99. The Labute approximate surface area is 173 Å². The van der Waals surface area contributed by atoms with Crippen molar-refractivity contribution in [3.63, 3.8) is 0 Å². The monoisotopic (exact) mass is 408 g/mol. The second kappa shape index (κ2) is 6.88. The first-order valence-electron chi connectivity index (χ1n) is 11.7. The number of hydrogen-bond donors (Lipinski definition) is 0. The standard InChI is InChI=1S/C24H41ClOSi/c1-14(2)27(15(3)4,16(5)6)26-23-18-9-8-10-19(23)22-17(7)21(25)13-20(18)24(22)11-12-24/h13-20,22-23H,8-12H2,1-7H3/t17-,18?,19?,20?,22?,23?/m1/s1. The van der Waals surface area contributed by atoms with Crippen molar-refractivity contribution in [3.8, 4) is 0 Å². The first-order valence-corrected chi connectivity index (χ1v) is 14.2.